The van der Waals surface area contributed by atoms with Crippen LogP contribution in [0, 0.1) is 0 Å². The summed E-state index contributed by atoms with van der Waals surface area (Å²) in [5, 5.41) is 2.63. The molecule has 146 valence electrons. The Balaban J connectivity index is 2.25. The molecule has 0 aliphatic carbocycles. The Hall–Kier alpha value is -2.85. The van der Waals surface area contributed by atoms with Gasteiger partial charge in [-0.05, 0) is 18.2 Å². The molecule has 1 aromatic carbocycles. The maximum atomic E-state index is 12.3. The fourth-order valence-corrected chi connectivity index (χ4v) is 3.16. The molecule has 0 atom stereocenters. The van der Waals surface area contributed by atoms with Gasteiger partial charge < -0.3 is 19.4 Å². The fraction of sp³-hybridized carbons (Fsp3) is 0.294. The second-order valence-electron chi connectivity index (χ2n) is 5.73. The number of benzene rings is 1. The van der Waals surface area contributed by atoms with Crippen molar-refractivity contribution in [1.29, 1.82) is 0 Å². The van der Waals surface area contributed by atoms with E-state index in [1.54, 1.807) is 18.2 Å². The zero-order valence-corrected chi connectivity index (χ0v) is 16.2. The number of nitrogens with one attached hydrogen (secondary N) is 1. The Morgan fingerprint density at radius 1 is 1.15 bits per heavy atom. The molecule has 9 nitrogen and oxygen atoms in total. The molecular weight excluding hydrogens is 374 g/mol. The van der Waals surface area contributed by atoms with Crippen LogP contribution in [0.15, 0.2) is 46.2 Å². The third-order valence-electron chi connectivity index (χ3n) is 3.73. The minimum Gasteiger partial charge on any atom is -0.497 e. The average Bonchev–Trinajstić information content (AvgIpc) is 2.63. The van der Waals surface area contributed by atoms with Gasteiger partial charge in [-0.15, -0.1) is 0 Å². The molecule has 2 aromatic rings. The number of pyridine rings is 1. The zero-order valence-electron chi connectivity index (χ0n) is 15.4. The first-order valence-corrected chi connectivity index (χ1v) is 9.28. The van der Waals surface area contributed by atoms with Crippen LogP contribution >= 0.6 is 0 Å². The van der Waals surface area contributed by atoms with Crippen molar-refractivity contribution < 1.29 is 22.7 Å². The lowest BCUT2D eigenvalue weighted by atomic mass is 10.2. The van der Waals surface area contributed by atoms with Crippen molar-refractivity contribution in [2.75, 3.05) is 33.6 Å². The normalized spacial score (nSPS) is 11.3. The van der Waals surface area contributed by atoms with Crippen molar-refractivity contribution in [2.45, 2.75) is 11.4 Å². The molecule has 10 heteroatoms. The van der Waals surface area contributed by atoms with Crippen LogP contribution in [0.2, 0.25) is 0 Å². The third kappa shape index (κ3) is 4.66. The Bertz CT molecular complexity index is 998. The van der Waals surface area contributed by atoms with Gasteiger partial charge in [0.2, 0.25) is 15.9 Å². The van der Waals surface area contributed by atoms with Gasteiger partial charge in [-0.25, -0.2) is 12.7 Å². The van der Waals surface area contributed by atoms with Crippen LogP contribution in [0.1, 0.15) is 0 Å². The zero-order chi connectivity index (χ0) is 20.2. The lowest BCUT2D eigenvalue weighted by molar-refractivity contribution is -0.116. The molecule has 0 saturated heterocycles. The summed E-state index contributed by atoms with van der Waals surface area (Å²) in [6.45, 7) is -0.356. The second-order valence-corrected chi connectivity index (χ2v) is 7.88. The van der Waals surface area contributed by atoms with Gasteiger partial charge in [-0.3, -0.25) is 9.59 Å². The molecule has 0 spiro atoms. The molecule has 0 saturated carbocycles. The molecule has 0 radical (unpaired) electrons. The number of anilines is 1. The number of hydrogen-bond acceptors (Lipinski definition) is 6. The average molecular weight is 395 g/mol. The molecule has 0 unspecified atom stereocenters. The number of methoxy groups -OCH3 is 2. The van der Waals surface area contributed by atoms with Crippen LogP contribution in [-0.4, -0.2) is 51.5 Å². The highest BCUT2D eigenvalue weighted by Crippen LogP contribution is 2.28. The van der Waals surface area contributed by atoms with Gasteiger partial charge in [0.1, 0.15) is 18.0 Å². The van der Waals surface area contributed by atoms with Crippen molar-refractivity contribution in [3.8, 4) is 11.5 Å². The van der Waals surface area contributed by atoms with E-state index in [0.717, 1.165) is 21.1 Å². The van der Waals surface area contributed by atoms with E-state index in [4.69, 9.17) is 9.47 Å². The van der Waals surface area contributed by atoms with Crippen LogP contribution < -0.4 is 20.3 Å². The molecule has 0 bridgehead atoms. The van der Waals surface area contributed by atoms with Gasteiger partial charge in [0.15, 0.2) is 0 Å². The molecule has 0 aliphatic rings. The maximum Gasteiger partial charge on any atom is 0.251 e. The first kappa shape index (κ1) is 20.5. The first-order valence-electron chi connectivity index (χ1n) is 7.84. The van der Waals surface area contributed by atoms with Crippen LogP contribution in [0.3, 0.4) is 0 Å². The number of rotatable bonds is 7. The third-order valence-corrected chi connectivity index (χ3v) is 5.53. The lowest BCUT2D eigenvalue weighted by Crippen LogP contribution is -2.29. The number of sulfonamides is 1. The SMILES string of the molecule is COc1ccc(NC(=O)Cn2cc(S(=O)(=O)N(C)C)ccc2=O)c(OC)c1. The molecule has 1 N–H and O–H groups in total. The summed E-state index contributed by atoms with van der Waals surface area (Å²) in [6, 6.07) is 7.17. The van der Waals surface area contributed by atoms with Gasteiger partial charge in [0, 0.05) is 32.4 Å². The standard InChI is InChI=1S/C17H21N3O6S/c1-19(2)27(23,24)13-6-8-17(22)20(10-13)11-16(21)18-14-7-5-12(25-3)9-15(14)26-4/h5-10H,11H2,1-4H3,(H,18,21). The van der Waals surface area contributed by atoms with E-state index in [1.807, 2.05) is 0 Å². The maximum absolute atomic E-state index is 12.3. The molecule has 2 rings (SSSR count). The molecular formula is C17H21N3O6S. The highest BCUT2D eigenvalue weighted by atomic mass is 32.2. The van der Waals surface area contributed by atoms with Crippen molar-refractivity contribution in [2.24, 2.45) is 0 Å². The Morgan fingerprint density at radius 2 is 1.85 bits per heavy atom. The van der Waals surface area contributed by atoms with E-state index in [1.165, 1.54) is 34.4 Å². The van der Waals surface area contributed by atoms with Gasteiger partial charge in [0.05, 0.1) is 24.8 Å². The molecule has 0 aliphatic heterocycles. The number of hydrogen-bond donors (Lipinski definition) is 1. The summed E-state index contributed by atoms with van der Waals surface area (Å²) in [5.41, 5.74) is -0.0991. The quantitative estimate of drug-likeness (QED) is 0.742. The molecule has 1 heterocycles. The van der Waals surface area contributed by atoms with Crippen LogP contribution in [0.25, 0.3) is 0 Å². The Kier molecular flexibility index (Phi) is 6.24. The summed E-state index contributed by atoms with van der Waals surface area (Å²) < 4.78 is 36.8. The van der Waals surface area contributed by atoms with Gasteiger partial charge in [0.25, 0.3) is 5.56 Å². The smallest absolute Gasteiger partial charge is 0.251 e. The number of carbonyl (C=O) groups is 1. The van der Waals surface area contributed by atoms with E-state index < -0.39 is 21.5 Å². The Morgan fingerprint density at radius 3 is 2.44 bits per heavy atom. The summed E-state index contributed by atoms with van der Waals surface area (Å²) >= 11 is 0. The van der Waals surface area contributed by atoms with Gasteiger partial charge in [-0.1, -0.05) is 0 Å². The summed E-state index contributed by atoms with van der Waals surface area (Å²) in [5.74, 6) is 0.432. The fourth-order valence-electron chi connectivity index (χ4n) is 2.24. The van der Waals surface area contributed by atoms with Crippen molar-refractivity contribution >= 4 is 21.6 Å². The van der Waals surface area contributed by atoms with E-state index in [0.29, 0.717) is 17.2 Å². The minimum absolute atomic E-state index is 0.0815. The predicted octanol–water partition coefficient (Wildman–Crippen LogP) is 0.754. The largest absolute Gasteiger partial charge is 0.497 e. The number of carbonyl (C=O) groups excluding carboxylic acids is 1. The molecule has 1 aromatic heterocycles. The lowest BCUT2D eigenvalue weighted by Gasteiger charge is -2.14. The summed E-state index contributed by atoms with van der Waals surface area (Å²) in [4.78, 5) is 24.2. The summed E-state index contributed by atoms with van der Waals surface area (Å²) in [7, 11) is 2.00. The predicted molar refractivity (Wildman–Crippen MR) is 99.8 cm³/mol. The van der Waals surface area contributed by atoms with Crippen LogP contribution in [-0.2, 0) is 21.4 Å². The summed E-state index contributed by atoms with van der Waals surface area (Å²) in [6.07, 6.45) is 1.14. The van der Waals surface area contributed by atoms with Crippen LogP contribution in [0.5, 0.6) is 11.5 Å². The Labute approximate surface area is 157 Å². The van der Waals surface area contributed by atoms with Crippen LogP contribution in [0.4, 0.5) is 5.69 Å². The highest BCUT2D eigenvalue weighted by Gasteiger charge is 2.19. The second kappa shape index (κ2) is 8.23. The number of amides is 1. The van der Waals surface area contributed by atoms with Gasteiger partial charge >= 0.3 is 0 Å². The number of nitrogens with zero attached hydrogens (tertiary/aromatic N) is 2. The topological polar surface area (TPSA) is 107 Å². The van der Waals surface area contributed by atoms with E-state index in [-0.39, 0.29) is 11.4 Å². The first-order chi connectivity index (χ1) is 12.7. The van der Waals surface area contributed by atoms with Crippen molar-refractivity contribution in [1.82, 2.24) is 8.87 Å². The van der Waals surface area contributed by atoms with E-state index in [2.05, 4.69) is 5.32 Å². The van der Waals surface area contributed by atoms with E-state index >= 15 is 0 Å². The monoisotopic (exact) mass is 395 g/mol. The van der Waals surface area contributed by atoms with E-state index in [9.17, 15) is 18.0 Å². The number of ether oxygens (including phenoxy) is 2. The van der Waals surface area contributed by atoms with Crippen molar-refractivity contribution in [3.05, 3.63) is 46.9 Å². The van der Waals surface area contributed by atoms with Gasteiger partial charge in [-0.2, -0.15) is 0 Å². The number of aromatic nitrogens is 1. The highest BCUT2D eigenvalue weighted by molar-refractivity contribution is 7.89. The minimum atomic E-state index is -3.72. The molecule has 0 fully saturated rings. The molecule has 1 amide bonds. The van der Waals surface area contributed by atoms with Crippen molar-refractivity contribution in [3.63, 3.8) is 0 Å². The molecule has 27 heavy (non-hydrogen) atoms.